The van der Waals surface area contributed by atoms with Crippen molar-refractivity contribution in [3.8, 4) is 11.5 Å². The van der Waals surface area contributed by atoms with Crippen LogP contribution in [0, 0.1) is 13.8 Å². The fourth-order valence-electron chi connectivity index (χ4n) is 3.42. The van der Waals surface area contributed by atoms with Crippen LogP contribution in [0.4, 0.5) is 5.69 Å². The average Bonchev–Trinajstić information content (AvgIpc) is 3.30. The Morgan fingerprint density at radius 2 is 1.93 bits per heavy atom. The lowest BCUT2D eigenvalue weighted by Crippen LogP contribution is -2.43. The van der Waals surface area contributed by atoms with E-state index in [-0.39, 0.29) is 27.9 Å². The van der Waals surface area contributed by atoms with Gasteiger partial charge in [0.2, 0.25) is 15.9 Å². The zero-order chi connectivity index (χ0) is 21.3. The molecule has 1 amide bonds. The first kappa shape index (κ1) is 21.4. The molecule has 2 heterocycles. The molecule has 1 N–H and O–H groups in total. The summed E-state index contributed by atoms with van der Waals surface area (Å²) in [6, 6.07) is 2.17. The van der Waals surface area contributed by atoms with Gasteiger partial charge >= 0.3 is 0 Å². The third-order valence-electron chi connectivity index (χ3n) is 4.77. The minimum atomic E-state index is -3.94. The van der Waals surface area contributed by atoms with Crippen LogP contribution in [0.25, 0.3) is 0 Å². The number of aromatic nitrogens is 1. The number of hydrogen-bond acceptors (Lipinski definition) is 7. The van der Waals surface area contributed by atoms with Gasteiger partial charge in [0.25, 0.3) is 0 Å². The quantitative estimate of drug-likeness (QED) is 0.730. The van der Waals surface area contributed by atoms with E-state index >= 15 is 0 Å². The maximum Gasteiger partial charge on any atom is 0.249 e. The Kier molecular flexibility index (Phi) is 6.06. The van der Waals surface area contributed by atoms with E-state index in [4.69, 9.17) is 25.6 Å². The van der Waals surface area contributed by atoms with E-state index in [0.717, 1.165) is 0 Å². The molecule has 1 atom stereocenters. The van der Waals surface area contributed by atoms with Crippen LogP contribution >= 0.6 is 11.6 Å². The molecule has 0 bridgehead atoms. The molecule has 0 aliphatic carbocycles. The fraction of sp³-hybridized carbons (Fsp3) is 0.444. The van der Waals surface area contributed by atoms with Gasteiger partial charge in [-0.1, -0.05) is 16.8 Å². The molecule has 1 fully saturated rings. The number of amides is 1. The predicted octanol–water partition coefficient (Wildman–Crippen LogP) is 2.75. The van der Waals surface area contributed by atoms with E-state index in [1.54, 1.807) is 6.92 Å². The number of nitrogens with zero attached hydrogens (tertiary/aromatic N) is 2. The van der Waals surface area contributed by atoms with E-state index in [1.165, 1.54) is 37.6 Å². The first-order valence-electron chi connectivity index (χ1n) is 8.87. The van der Waals surface area contributed by atoms with Gasteiger partial charge in [-0.2, -0.15) is 4.31 Å². The van der Waals surface area contributed by atoms with Gasteiger partial charge in [-0.25, -0.2) is 8.42 Å². The Morgan fingerprint density at radius 1 is 1.28 bits per heavy atom. The predicted molar refractivity (Wildman–Crippen MR) is 106 cm³/mol. The summed E-state index contributed by atoms with van der Waals surface area (Å²) < 4.78 is 42.9. The third-order valence-corrected chi connectivity index (χ3v) is 7.24. The number of carbonyl (C=O) groups is 1. The van der Waals surface area contributed by atoms with E-state index in [2.05, 4.69) is 10.5 Å². The molecular formula is C18H22ClN3O6S. The molecule has 3 rings (SSSR count). The molecule has 1 aromatic carbocycles. The van der Waals surface area contributed by atoms with Gasteiger partial charge in [0.1, 0.15) is 16.6 Å². The molecule has 0 saturated carbocycles. The maximum absolute atomic E-state index is 13.1. The minimum Gasteiger partial charge on any atom is -0.493 e. The lowest BCUT2D eigenvalue weighted by atomic mass is 10.2. The first-order chi connectivity index (χ1) is 13.7. The molecule has 0 spiro atoms. The van der Waals surface area contributed by atoms with Crippen LogP contribution in [0.15, 0.2) is 21.6 Å². The number of aryl methyl sites for hydroxylation is 2. The lowest BCUT2D eigenvalue weighted by Gasteiger charge is -2.23. The Labute approximate surface area is 173 Å². The number of benzene rings is 1. The van der Waals surface area contributed by atoms with Gasteiger partial charge in [-0.05, 0) is 26.7 Å². The number of carbonyl (C=O) groups excluding carboxylic acids is 1. The highest BCUT2D eigenvalue weighted by molar-refractivity contribution is 7.89. The van der Waals surface area contributed by atoms with Crippen LogP contribution in [-0.4, -0.2) is 50.6 Å². The van der Waals surface area contributed by atoms with Gasteiger partial charge in [-0.15, -0.1) is 0 Å². The Balaban J connectivity index is 1.88. The summed E-state index contributed by atoms with van der Waals surface area (Å²) in [6.07, 6.45) is 0.944. The minimum absolute atomic E-state index is 0.00125. The van der Waals surface area contributed by atoms with Gasteiger partial charge in [0.15, 0.2) is 17.3 Å². The van der Waals surface area contributed by atoms with Crippen molar-refractivity contribution < 1.29 is 27.2 Å². The van der Waals surface area contributed by atoms with Crippen molar-refractivity contribution in [2.24, 2.45) is 0 Å². The van der Waals surface area contributed by atoms with Crippen LogP contribution < -0.4 is 14.8 Å². The van der Waals surface area contributed by atoms with E-state index in [1.807, 2.05) is 0 Å². The Bertz CT molecular complexity index is 1020. The highest BCUT2D eigenvalue weighted by Gasteiger charge is 2.42. The topological polar surface area (TPSA) is 111 Å². The number of ether oxygens (including phenoxy) is 2. The molecule has 2 aromatic rings. The van der Waals surface area contributed by atoms with Crippen molar-refractivity contribution in [2.45, 2.75) is 37.6 Å². The van der Waals surface area contributed by atoms with Crippen molar-refractivity contribution >= 4 is 33.2 Å². The summed E-state index contributed by atoms with van der Waals surface area (Å²) in [6.45, 7) is 3.31. The zero-order valence-electron chi connectivity index (χ0n) is 16.5. The Hall–Kier alpha value is -2.30. The van der Waals surface area contributed by atoms with Crippen molar-refractivity contribution in [2.75, 3.05) is 26.1 Å². The van der Waals surface area contributed by atoms with Crippen molar-refractivity contribution in [1.29, 1.82) is 0 Å². The molecule has 1 aromatic heterocycles. The fourth-order valence-corrected chi connectivity index (χ4v) is 5.57. The number of methoxy groups -OCH3 is 2. The normalized spacial score (nSPS) is 17.3. The smallest absolute Gasteiger partial charge is 0.249 e. The molecule has 1 aliphatic rings. The molecule has 9 nitrogen and oxygen atoms in total. The summed E-state index contributed by atoms with van der Waals surface area (Å²) in [7, 11) is -0.999. The second-order valence-electron chi connectivity index (χ2n) is 6.60. The number of nitrogens with one attached hydrogen (secondary N) is 1. The van der Waals surface area contributed by atoms with Crippen LogP contribution in [0.5, 0.6) is 11.5 Å². The average molecular weight is 444 g/mol. The number of hydrogen-bond donors (Lipinski definition) is 1. The van der Waals surface area contributed by atoms with Gasteiger partial charge in [0.05, 0.1) is 24.9 Å². The molecular weight excluding hydrogens is 422 g/mol. The zero-order valence-corrected chi connectivity index (χ0v) is 18.1. The van der Waals surface area contributed by atoms with E-state index in [9.17, 15) is 13.2 Å². The van der Waals surface area contributed by atoms with Crippen LogP contribution in [0.3, 0.4) is 0 Å². The summed E-state index contributed by atoms with van der Waals surface area (Å²) in [4.78, 5) is 12.9. The number of sulfonamides is 1. The summed E-state index contributed by atoms with van der Waals surface area (Å²) in [5, 5.41) is 6.66. The summed E-state index contributed by atoms with van der Waals surface area (Å²) in [5.74, 6) is 0.515. The maximum atomic E-state index is 13.1. The SMILES string of the molecule is COc1cc(Cl)c(NC(=O)[C@@H]2CCCN2S(=O)(=O)c2c(C)noc2C)cc1OC. The summed E-state index contributed by atoms with van der Waals surface area (Å²) >= 11 is 6.23. The van der Waals surface area contributed by atoms with Crippen LogP contribution in [0.1, 0.15) is 24.3 Å². The molecule has 11 heteroatoms. The van der Waals surface area contributed by atoms with Crippen LogP contribution in [-0.2, 0) is 14.8 Å². The standard InChI is InChI=1S/C18H22ClN3O6S/c1-10-17(11(2)28-21-10)29(24,25)22-7-5-6-14(22)18(23)20-13-9-16(27-4)15(26-3)8-12(13)19/h8-9,14H,5-7H2,1-4H3,(H,20,23)/t14-/m0/s1. The molecule has 158 valence electrons. The largest absolute Gasteiger partial charge is 0.493 e. The van der Waals surface area contributed by atoms with Crippen molar-refractivity contribution in [1.82, 2.24) is 9.46 Å². The number of anilines is 1. The highest BCUT2D eigenvalue weighted by Crippen LogP contribution is 2.37. The number of halogens is 1. The molecule has 1 aliphatic heterocycles. The monoisotopic (exact) mass is 443 g/mol. The molecule has 0 unspecified atom stereocenters. The first-order valence-corrected chi connectivity index (χ1v) is 10.7. The second-order valence-corrected chi connectivity index (χ2v) is 8.84. The molecule has 29 heavy (non-hydrogen) atoms. The van der Waals surface area contributed by atoms with Gasteiger partial charge in [-0.3, -0.25) is 4.79 Å². The Morgan fingerprint density at radius 3 is 2.52 bits per heavy atom. The van der Waals surface area contributed by atoms with Gasteiger partial charge in [0, 0.05) is 18.7 Å². The van der Waals surface area contributed by atoms with Crippen LogP contribution in [0.2, 0.25) is 5.02 Å². The van der Waals surface area contributed by atoms with E-state index < -0.39 is 22.0 Å². The lowest BCUT2D eigenvalue weighted by molar-refractivity contribution is -0.119. The van der Waals surface area contributed by atoms with Gasteiger partial charge < -0.3 is 19.3 Å². The number of rotatable bonds is 6. The van der Waals surface area contributed by atoms with E-state index in [0.29, 0.717) is 30.0 Å². The molecule has 1 saturated heterocycles. The van der Waals surface area contributed by atoms with Crippen molar-refractivity contribution in [3.63, 3.8) is 0 Å². The summed E-state index contributed by atoms with van der Waals surface area (Å²) in [5.41, 5.74) is 0.562. The highest BCUT2D eigenvalue weighted by atomic mass is 35.5. The third kappa shape index (κ3) is 3.92. The molecule has 0 radical (unpaired) electrons. The second kappa shape index (κ2) is 8.21. The van der Waals surface area contributed by atoms with Crippen molar-refractivity contribution in [3.05, 3.63) is 28.6 Å².